The summed E-state index contributed by atoms with van der Waals surface area (Å²) in [5.74, 6) is 1.02. The minimum atomic E-state index is -0.626. The van der Waals surface area contributed by atoms with Gasteiger partial charge in [-0.3, -0.25) is 4.79 Å². The topological polar surface area (TPSA) is 102 Å². The van der Waals surface area contributed by atoms with Crippen LogP contribution in [-0.2, 0) is 0 Å². The van der Waals surface area contributed by atoms with Crippen LogP contribution in [0.1, 0.15) is 54.8 Å². The first-order valence-electron chi connectivity index (χ1n) is 8.39. The molecule has 2 aromatic rings. The number of rotatable bonds is 5. The summed E-state index contributed by atoms with van der Waals surface area (Å²) in [4.78, 5) is 22.8. The van der Waals surface area contributed by atoms with Crippen molar-refractivity contribution in [3.63, 3.8) is 0 Å². The van der Waals surface area contributed by atoms with Crippen molar-refractivity contribution in [1.82, 2.24) is 20.0 Å². The average Bonchev–Trinajstić information content (AvgIpc) is 3.20. The van der Waals surface area contributed by atoms with E-state index in [0.29, 0.717) is 29.6 Å². The largest absolute Gasteiger partial charge is 0.475 e. The molecule has 0 saturated carbocycles. The fourth-order valence-corrected chi connectivity index (χ4v) is 2.78. The van der Waals surface area contributed by atoms with Crippen molar-refractivity contribution >= 4 is 5.91 Å². The zero-order valence-electron chi connectivity index (χ0n) is 14.5. The van der Waals surface area contributed by atoms with E-state index in [-0.39, 0.29) is 18.6 Å². The number of carbonyl (C=O) groups excluding carboxylic acids is 1. The molecule has 3 heterocycles. The Bertz CT molecular complexity index is 748. The van der Waals surface area contributed by atoms with Crippen LogP contribution in [0.15, 0.2) is 22.9 Å². The van der Waals surface area contributed by atoms with E-state index in [0.717, 1.165) is 6.42 Å². The summed E-state index contributed by atoms with van der Waals surface area (Å²) < 4.78 is 10.9. The van der Waals surface area contributed by atoms with Gasteiger partial charge in [0.1, 0.15) is 6.04 Å². The average molecular weight is 346 g/mol. The Morgan fingerprint density at radius 1 is 1.56 bits per heavy atom. The lowest BCUT2D eigenvalue weighted by atomic mass is 10.2. The number of likely N-dealkylation sites (tertiary alicyclic amines) is 1. The van der Waals surface area contributed by atoms with Crippen molar-refractivity contribution in [2.45, 2.75) is 51.9 Å². The summed E-state index contributed by atoms with van der Waals surface area (Å²) in [6, 6.07) is 2.82. The van der Waals surface area contributed by atoms with Crippen molar-refractivity contribution in [3.8, 4) is 5.88 Å². The fraction of sp³-hybridized carbons (Fsp3) is 0.529. The monoisotopic (exact) mass is 346 g/mol. The highest BCUT2D eigenvalue weighted by atomic mass is 16.5. The Hall–Kier alpha value is -2.48. The lowest BCUT2D eigenvalue weighted by Gasteiger charge is -2.22. The molecule has 0 aromatic carbocycles. The summed E-state index contributed by atoms with van der Waals surface area (Å²) in [5, 5.41) is 13.8. The number of ether oxygens (including phenoxy) is 1. The summed E-state index contributed by atoms with van der Waals surface area (Å²) in [5.41, 5.74) is 0.448. The number of amides is 1. The van der Waals surface area contributed by atoms with Gasteiger partial charge in [0.05, 0.1) is 12.2 Å². The number of aliphatic hydroxyl groups excluding tert-OH is 1. The lowest BCUT2D eigenvalue weighted by Crippen LogP contribution is -2.32. The number of hydrogen-bond acceptors (Lipinski definition) is 7. The smallest absolute Gasteiger partial charge is 0.254 e. The molecule has 0 bridgehead atoms. The second kappa shape index (κ2) is 7.18. The number of aliphatic hydroxyl groups is 1. The highest BCUT2D eigenvalue weighted by molar-refractivity contribution is 5.94. The number of pyridine rings is 1. The first-order chi connectivity index (χ1) is 12.0. The molecule has 25 heavy (non-hydrogen) atoms. The lowest BCUT2D eigenvalue weighted by molar-refractivity contribution is 0.0692. The van der Waals surface area contributed by atoms with Crippen LogP contribution >= 0.6 is 0 Å². The summed E-state index contributed by atoms with van der Waals surface area (Å²) in [7, 11) is 0. The van der Waals surface area contributed by atoms with Crippen LogP contribution in [0.3, 0.4) is 0 Å². The zero-order chi connectivity index (χ0) is 18.0. The van der Waals surface area contributed by atoms with E-state index < -0.39 is 12.1 Å². The molecule has 1 fully saturated rings. The predicted molar refractivity (Wildman–Crippen MR) is 88.1 cm³/mol. The molecule has 0 aliphatic carbocycles. The van der Waals surface area contributed by atoms with Crippen LogP contribution in [0.2, 0.25) is 0 Å². The molecule has 1 saturated heterocycles. The summed E-state index contributed by atoms with van der Waals surface area (Å²) in [6.45, 7) is 5.89. The fourth-order valence-electron chi connectivity index (χ4n) is 2.78. The number of β-amino-alcohol motifs (C(OH)–C–C–N with tert-alkyl or cyclic N) is 1. The van der Waals surface area contributed by atoms with E-state index in [1.807, 2.05) is 13.8 Å². The van der Waals surface area contributed by atoms with Crippen LogP contribution in [0.4, 0.5) is 0 Å². The van der Waals surface area contributed by atoms with Gasteiger partial charge in [-0.05, 0) is 26.3 Å². The SMILES string of the molecule is CC[C@@H](C)Oc1cc(C(=O)N2C[C@@H](O)C[C@@H]2c2nc(C)no2)ccn1. The third kappa shape index (κ3) is 3.79. The first-order valence-corrected chi connectivity index (χ1v) is 8.39. The van der Waals surface area contributed by atoms with Crippen LogP contribution in [-0.4, -0.2) is 49.8 Å². The van der Waals surface area contributed by atoms with Crippen molar-refractivity contribution in [2.75, 3.05) is 6.54 Å². The maximum Gasteiger partial charge on any atom is 0.254 e. The molecule has 1 N–H and O–H groups in total. The number of carbonyl (C=O) groups is 1. The van der Waals surface area contributed by atoms with Gasteiger partial charge in [0.25, 0.3) is 5.91 Å². The number of hydrogen-bond donors (Lipinski definition) is 1. The van der Waals surface area contributed by atoms with Crippen molar-refractivity contribution in [2.24, 2.45) is 0 Å². The van der Waals surface area contributed by atoms with Crippen LogP contribution in [0.5, 0.6) is 5.88 Å². The Morgan fingerprint density at radius 2 is 2.36 bits per heavy atom. The van der Waals surface area contributed by atoms with Gasteiger partial charge in [0.2, 0.25) is 11.8 Å². The first kappa shape index (κ1) is 17.3. The zero-order valence-corrected chi connectivity index (χ0v) is 14.5. The summed E-state index contributed by atoms with van der Waals surface area (Å²) >= 11 is 0. The molecule has 3 rings (SSSR count). The highest BCUT2D eigenvalue weighted by Gasteiger charge is 2.39. The van der Waals surface area contributed by atoms with Crippen LogP contribution < -0.4 is 4.74 Å². The van der Waals surface area contributed by atoms with E-state index in [2.05, 4.69) is 15.1 Å². The van der Waals surface area contributed by atoms with Crippen molar-refractivity contribution in [3.05, 3.63) is 35.6 Å². The molecule has 2 aromatic heterocycles. The van der Waals surface area contributed by atoms with Gasteiger partial charge in [-0.1, -0.05) is 12.1 Å². The van der Waals surface area contributed by atoms with Gasteiger partial charge in [0, 0.05) is 30.8 Å². The molecule has 0 spiro atoms. The highest BCUT2D eigenvalue weighted by Crippen LogP contribution is 2.32. The van der Waals surface area contributed by atoms with Crippen LogP contribution in [0.25, 0.3) is 0 Å². The molecular formula is C17H22N4O4. The number of aryl methyl sites for hydroxylation is 1. The third-order valence-electron chi connectivity index (χ3n) is 4.25. The molecule has 3 atom stereocenters. The minimum absolute atomic E-state index is 0.0144. The third-order valence-corrected chi connectivity index (χ3v) is 4.25. The van der Waals surface area contributed by atoms with E-state index in [1.54, 1.807) is 30.2 Å². The van der Waals surface area contributed by atoms with Gasteiger partial charge in [-0.25, -0.2) is 4.98 Å². The number of nitrogens with zero attached hydrogens (tertiary/aromatic N) is 4. The van der Waals surface area contributed by atoms with E-state index >= 15 is 0 Å². The maximum atomic E-state index is 12.9. The Morgan fingerprint density at radius 3 is 3.04 bits per heavy atom. The molecule has 0 radical (unpaired) electrons. The molecule has 1 aliphatic rings. The maximum absolute atomic E-state index is 12.9. The molecule has 1 amide bonds. The standard InChI is InChI=1S/C17H22N4O4/c1-4-10(2)24-15-7-12(5-6-18-15)17(23)21-9-13(22)8-14(21)16-19-11(3)20-25-16/h5-7,10,13-14,22H,4,8-9H2,1-3H3/t10-,13+,14-/m1/s1. The normalized spacial score (nSPS) is 21.4. The Balaban J connectivity index is 1.82. The van der Waals surface area contributed by atoms with Gasteiger partial charge in [-0.15, -0.1) is 0 Å². The van der Waals surface area contributed by atoms with Gasteiger partial charge in [-0.2, -0.15) is 4.98 Å². The predicted octanol–water partition coefficient (Wildman–Crippen LogP) is 1.90. The van der Waals surface area contributed by atoms with E-state index in [1.165, 1.54) is 0 Å². The minimum Gasteiger partial charge on any atom is -0.475 e. The number of aromatic nitrogens is 3. The van der Waals surface area contributed by atoms with Crippen LogP contribution in [0, 0.1) is 6.92 Å². The van der Waals surface area contributed by atoms with Gasteiger partial charge < -0.3 is 19.3 Å². The van der Waals surface area contributed by atoms with E-state index in [4.69, 9.17) is 9.26 Å². The van der Waals surface area contributed by atoms with Crippen molar-refractivity contribution < 1.29 is 19.2 Å². The molecule has 134 valence electrons. The second-order valence-corrected chi connectivity index (χ2v) is 6.26. The second-order valence-electron chi connectivity index (χ2n) is 6.26. The molecular weight excluding hydrogens is 324 g/mol. The quantitative estimate of drug-likeness (QED) is 0.882. The molecule has 8 nitrogen and oxygen atoms in total. The van der Waals surface area contributed by atoms with Gasteiger partial charge >= 0.3 is 0 Å². The Labute approximate surface area is 145 Å². The molecule has 8 heteroatoms. The molecule has 0 unspecified atom stereocenters. The van der Waals surface area contributed by atoms with E-state index in [9.17, 15) is 9.90 Å². The Kier molecular flexibility index (Phi) is 4.98. The summed E-state index contributed by atoms with van der Waals surface area (Å²) in [6.07, 6.45) is 2.15. The van der Waals surface area contributed by atoms with Crippen molar-refractivity contribution in [1.29, 1.82) is 0 Å². The van der Waals surface area contributed by atoms with Gasteiger partial charge in [0.15, 0.2) is 5.82 Å². The molecule has 1 aliphatic heterocycles.